The van der Waals surface area contributed by atoms with Gasteiger partial charge in [-0.2, -0.15) is 0 Å². The van der Waals surface area contributed by atoms with Gasteiger partial charge in [-0.3, -0.25) is 0 Å². The zero-order chi connectivity index (χ0) is 16.7. The highest BCUT2D eigenvalue weighted by atomic mass is 79.9. The number of hydrogen-bond donors (Lipinski definition) is 1. The summed E-state index contributed by atoms with van der Waals surface area (Å²) in [7, 11) is 1.67. The van der Waals surface area contributed by atoms with Crippen molar-refractivity contribution < 1.29 is 13.9 Å². The maximum Gasteiger partial charge on any atom is 0.194 e. The van der Waals surface area contributed by atoms with Gasteiger partial charge >= 0.3 is 0 Å². The van der Waals surface area contributed by atoms with Crippen LogP contribution in [-0.2, 0) is 16.0 Å². The van der Waals surface area contributed by atoms with Gasteiger partial charge in [-0.05, 0) is 30.7 Å². The Morgan fingerprint density at radius 1 is 1.57 bits per heavy atom. The lowest BCUT2D eigenvalue weighted by Crippen LogP contribution is -2.51. The number of hydrogen-bond acceptors (Lipinski definition) is 3. The van der Waals surface area contributed by atoms with E-state index in [0.717, 1.165) is 35.6 Å². The maximum atomic E-state index is 13.4. The van der Waals surface area contributed by atoms with Crippen LogP contribution < -0.4 is 5.32 Å². The predicted octanol–water partition coefficient (Wildman–Crippen LogP) is 2.40. The smallest absolute Gasteiger partial charge is 0.194 e. The van der Waals surface area contributed by atoms with Crippen LogP contribution in [0.2, 0.25) is 0 Å². The molecule has 1 unspecified atom stereocenters. The van der Waals surface area contributed by atoms with Crippen LogP contribution in [0.3, 0.4) is 0 Å². The molecule has 0 amide bonds. The zero-order valence-electron chi connectivity index (χ0n) is 13.5. The molecule has 128 valence electrons. The number of rotatable bonds is 5. The topological polar surface area (TPSA) is 46.1 Å². The molecule has 1 heterocycles. The van der Waals surface area contributed by atoms with Gasteiger partial charge in [-0.1, -0.05) is 15.9 Å². The second-order valence-corrected chi connectivity index (χ2v) is 6.15. The lowest BCUT2D eigenvalue weighted by Gasteiger charge is -2.34. The van der Waals surface area contributed by atoms with Gasteiger partial charge in [0.15, 0.2) is 5.96 Å². The molecule has 1 atom stereocenters. The van der Waals surface area contributed by atoms with Crippen LogP contribution >= 0.6 is 15.9 Å². The van der Waals surface area contributed by atoms with Crippen molar-refractivity contribution in [2.75, 3.05) is 40.0 Å². The normalized spacial score (nSPS) is 19.0. The molecule has 0 aliphatic carbocycles. The molecule has 1 saturated heterocycles. The Morgan fingerprint density at radius 3 is 3.13 bits per heavy atom. The van der Waals surface area contributed by atoms with Crippen molar-refractivity contribution in [1.82, 2.24) is 10.2 Å². The molecular weight excluding hydrogens is 365 g/mol. The minimum atomic E-state index is -0.255. The lowest BCUT2D eigenvalue weighted by molar-refractivity contribution is -0.0447. The molecule has 2 rings (SSSR count). The van der Waals surface area contributed by atoms with Gasteiger partial charge in [0.05, 0.1) is 25.9 Å². The summed E-state index contributed by atoms with van der Waals surface area (Å²) in [5.74, 6) is 0.558. The molecule has 7 heteroatoms. The van der Waals surface area contributed by atoms with Gasteiger partial charge in [-0.25, -0.2) is 9.38 Å². The highest BCUT2D eigenvalue weighted by Gasteiger charge is 2.22. The summed E-state index contributed by atoms with van der Waals surface area (Å²) in [5, 5.41) is 3.29. The molecule has 0 spiro atoms. The Hall–Kier alpha value is -1.18. The van der Waals surface area contributed by atoms with E-state index < -0.39 is 0 Å². The number of nitrogens with one attached hydrogen (secondary N) is 1. The van der Waals surface area contributed by atoms with E-state index in [-0.39, 0.29) is 11.9 Å². The molecule has 0 saturated carbocycles. The van der Waals surface area contributed by atoms with Crippen LogP contribution in [0, 0.1) is 5.82 Å². The number of methoxy groups -OCH3 is 1. The number of halogens is 2. The van der Waals surface area contributed by atoms with Crippen molar-refractivity contribution >= 4 is 21.9 Å². The highest BCUT2D eigenvalue weighted by Crippen LogP contribution is 2.19. The fraction of sp³-hybridized carbons (Fsp3) is 0.562. The Kier molecular flexibility index (Phi) is 7.26. The van der Waals surface area contributed by atoms with Crippen LogP contribution in [0.1, 0.15) is 12.5 Å². The molecule has 0 aromatic heterocycles. The van der Waals surface area contributed by atoms with Crippen LogP contribution in [0.4, 0.5) is 4.39 Å². The van der Waals surface area contributed by atoms with Crippen LogP contribution in [0.15, 0.2) is 27.7 Å². The molecule has 0 radical (unpaired) electrons. The Balaban J connectivity index is 2.08. The van der Waals surface area contributed by atoms with E-state index in [4.69, 9.17) is 9.47 Å². The molecular formula is C16H23BrFN3O2. The average Bonchev–Trinajstić information content (AvgIpc) is 2.55. The molecule has 1 N–H and O–H groups in total. The second-order valence-electron chi connectivity index (χ2n) is 5.30. The van der Waals surface area contributed by atoms with Gasteiger partial charge in [0.2, 0.25) is 0 Å². The summed E-state index contributed by atoms with van der Waals surface area (Å²) in [4.78, 5) is 6.80. The van der Waals surface area contributed by atoms with E-state index in [2.05, 4.69) is 31.1 Å². The zero-order valence-corrected chi connectivity index (χ0v) is 15.1. The molecule has 23 heavy (non-hydrogen) atoms. The van der Waals surface area contributed by atoms with E-state index in [9.17, 15) is 4.39 Å². The summed E-state index contributed by atoms with van der Waals surface area (Å²) < 4.78 is 25.1. The fourth-order valence-electron chi connectivity index (χ4n) is 2.45. The number of ether oxygens (including phenoxy) is 2. The van der Waals surface area contributed by atoms with Crippen molar-refractivity contribution in [3.8, 4) is 0 Å². The van der Waals surface area contributed by atoms with Crippen molar-refractivity contribution in [3.63, 3.8) is 0 Å². The highest BCUT2D eigenvalue weighted by molar-refractivity contribution is 9.10. The van der Waals surface area contributed by atoms with Crippen LogP contribution in [0.25, 0.3) is 0 Å². The summed E-state index contributed by atoms with van der Waals surface area (Å²) in [5.41, 5.74) is 0.821. The van der Waals surface area contributed by atoms with Crippen LogP contribution in [-0.4, -0.2) is 56.9 Å². The molecule has 1 aliphatic rings. The van der Waals surface area contributed by atoms with E-state index in [1.807, 2.05) is 6.92 Å². The maximum absolute atomic E-state index is 13.4. The summed E-state index contributed by atoms with van der Waals surface area (Å²) >= 11 is 3.44. The first-order valence-corrected chi connectivity index (χ1v) is 8.51. The summed E-state index contributed by atoms with van der Waals surface area (Å²) in [6.45, 7) is 5.91. The Labute approximate surface area is 145 Å². The number of morpholine rings is 1. The van der Waals surface area contributed by atoms with E-state index in [1.54, 1.807) is 13.2 Å². The van der Waals surface area contributed by atoms with E-state index in [0.29, 0.717) is 19.8 Å². The third kappa shape index (κ3) is 5.44. The molecule has 5 nitrogen and oxygen atoms in total. The Bertz CT molecular complexity index is 540. The SMILES string of the molecule is CCNC(=NCc1cc(F)ccc1Br)N1CCOC(COC)C1. The largest absolute Gasteiger partial charge is 0.382 e. The molecule has 1 aromatic carbocycles. The van der Waals surface area contributed by atoms with Crippen molar-refractivity contribution in [2.45, 2.75) is 19.6 Å². The first kappa shape index (κ1) is 18.2. The van der Waals surface area contributed by atoms with Gasteiger partial charge in [0.25, 0.3) is 0 Å². The van der Waals surface area contributed by atoms with E-state index >= 15 is 0 Å². The van der Waals surface area contributed by atoms with Gasteiger partial charge in [0.1, 0.15) is 5.82 Å². The minimum Gasteiger partial charge on any atom is -0.382 e. The monoisotopic (exact) mass is 387 g/mol. The number of nitrogens with zero attached hydrogens (tertiary/aromatic N) is 2. The van der Waals surface area contributed by atoms with Crippen LogP contribution in [0.5, 0.6) is 0 Å². The standard InChI is InChI=1S/C16H23BrFN3O2/c1-3-19-16(21-6-7-23-14(10-21)11-22-2)20-9-12-8-13(18)4-5-15(12)17/h4-5,8,14H,3,6-7,9-11H2,1-2H3,(H,19,20). The van der Waals surface area contributed by atoms with Crippen molar-refractivity contribution in [2.24, 2.45) is 4.99 Å². The molecule has 1 aromatic rings. The second kappa shape index (κ2) is 9.20. The Morgan fingerprint density at radius 2 is 2.39 bits per heavy atom. The fourth-order valence-corrected chi connectivity index (χ4v) is 2.82. The quantitative estimate of drug-likeness (QED) is 0.622. The number of aliphatic imine (C=N–C) groups is 1. The third-order valence-corrected chi connectivity index (χ3v) is 4.31. The first-order chi connectivity index (χ1) is 11.1. The van der Waals surface area contributed by atoms with Crippen molar-refractivity contribution in [3.05, 3.63) is 34.1 Å². The molecule has 0 bridgehead atoms. The first-order valence-electron chi connectivity index (χ1n) is 7.71. The van der Waals surface area contributed by atoms with E-state index in [1.165, 1.54) is 12.1 Å². The van der Waals surface area contributed by atoms with Crippen molar-refractivity contribution in [1.29, 1.82) is 0 Å². The average molecular weight is 388 g/mol. The van der Waals surface area contributed by atoms with Gasteiger partial charge in [-0.15, -0.1) is 0 Å². The predicted molar refractivity (Wildman–Crippen MR) is 92.1 cm³/mol. The number of benzene rings is 1. The third-order valence-electron chi connectivity index (χ3n) is 3.53. The van der Waals surface area contributed by atoms with Gasteiger partial charge in [0, 0.05) is 31.2 Å². The summed E-state index contributed by atoms with van der Waals surface area (Å²) in [6.07, 6.45) is 0.0403. The summed E-state index contributed by atoms with van der Waals surface area (Å²) in [6, 6.07) is 4.64. The lowest BCUT2D eigenvalue weighted by atomic mass is 10.2. The molecule has 1 aliphatic heterocycles. The number of guanidine groups is 1. The van der Waals surface area contributed by atoms with Gasteiger partial charge < -0.3 is 19.7 Å². The minimum absolute atomic E-state index is 0.0403. The molecule has 1 fully saturated rings.